The number of amides is 2. The zero-order chi connectivity index (χ0) is 19.9. The van der Waals surface area contributed by atoms with E-state index < -0.39 is 8.07 Å². The van der Waals surface area contributed by atoms with E-state index in [1.54, 1.807) is 24.3 Å². The van der Waals surface area contributed by atoms with Gasteiger partial charge in [0.2, 0.25) is 6.79 Å². The van der Waals surface area contributed by atoms with E-state index in [0.29, 0.717) is 35.6 Å². The highest BCUT2D eigenvalue weighted by atomic mass is 28.3. The fourth-order valence-electron chi connectivity index (χ4n) is 3.24. The van der Waals surface area contributed by atoms with Crippen LogP contribution in [0.1, 0.15) is 31.8 Å². The van der Waals surface area contributed by atoms with Crippen LogP contribution in [0.15, 0.2) is 36.4 Å². The minimum absolute atomic E-state index is 0.193. The number of benzene rings is 2. The normalized spacial score (nSPS) is 14.8. The van der Waals surface area contributed by atoms with Crippen LogP contribution in [0.2, 0.25) is 19.6 Å². The number of carbonyl (C=O) groups is 2. The van der Waals surface area contributed by atoms with Crippen molar-refractivity contribution in [2.24, 2.45) is 0 Å². The smallest absolute Gasteiger partial charge is 0.261 e. The van der Waals surface area contributed by atoms with Crippen molar-refractivity contribution in [2.45, 2.75) is 26.1 Å². The largest absolute Gasteiger partial charge is 0.454 e. The van der Waals surface area contributed by atoms with Gasteiger partial charge in [-0.2, -0.15) is 0 Å². The van der Waals surface area contributed by atoms with Gasteiger partial charge < -0.3 is 9.47 Å². The number of ether oxygens (including phenoxy) is 2. The van der Waals surface area contributed by atoms with E-state index in [1.165, 1.54) is 4.90 Å². The Labute approximate surface area is 165 Å². The SMILES string of the molecule is C[Si](C)(C)C#Cc1cc2c(cc1CCN1C(=O)c3ccccc3C1=O)OCO2. The highest BCUT2D eigenvalue weighted by molar-refractivity contribution is 6.83. The lowest BCUT2D eigenvalue weighted by atomic mass is 10.0. The molecule has 0 aliphatic carbocycles. The first-order valence-electron chi connectivity index (χ1n) is 9.24. The number of fused-ring (bicyclic) bond motifs is 2. The van der Waals surface area contributed by atoms with E-state index in [1.807, 2.05) is 12.1 Å². The van der Waals surface area contributed by atoms with Crippen molar-refractivity contribution >= 4 is 19.9 Å². The summed E-state index contributed by atoms with van der Waals surface area (Å²) in [5, 5.41) is 0. The molecule has 0 unspecified atom stereocenters. The number of nitrogens with zero attached hydrogens (tertiary/aromatic N) is 1. The number of rotatable bonds is 3. The Morgan fingerprint density at radius 3 is 2.21 bits per heavy atom. The summed E-state index contributed by atoms with van der Waals surface area (Å²) in [6.07, 6.45) is 0.512. The molecule has 0 bridgehead atoms. The Hall–Kier alpha value is -3.04. The molecule has 0 N–H and O–H groups in total. The third kappa shape index (κ3) is 3.41. The first-order chi connectivity index (χ1) is 13.3. The third-order valence-electron chi connectivity index (χ3n) is 4.65. The standard InChI is InChI=1S/C22H21NO4Si/c1-28(2,3)11-9-16-13-20-19(26-14-27-20)12-15(16)8-10-23-21(24)17-6-4-5-7-18(17)22(23)25/h4-7,12-13H,8,10,14H2,1-3H3. The molecule has 2 amide bonds. The average molecular weight is 391 g/mol. The first kappa shape index (κ1) is 18.3. The molecule has 5 nitrogen and oxygen atoms in total. The minimum Gasteiger partial charge on any atom is -0.454 e. The Morgan fingerprint density at radius 1 is 1.00 bits per heavy atom. The van der Waals surface area contributed by atoms with Gasteiger partial charge in [0.25, 0.3) is 11.8 Å². The van der Waals surface area contributed by atoms with E-state index in [9.17, 15) is 9.59 Å². The second-order valence-corrected chi connectivity index (χ2v) is 12.7. The summed E-state index contributed by atoms with van der Waals surface area (Å²) >= 11 is 0. The Morgan fingerprint density at radius 2 is 1.61 bits per heavy atom. The zero-order valence-electron chi connectivity index (χ0n) is 16.2. The quantitative estimate of drug-likeness (QED) is 0.457. The lowest BCUT2D eigenvalue weighted by Crippen LogP contribution is -2.31. The molecular weight excluding hydrogens is 370 g/mol. The maximum Gasteiger partial charge on any atom is 0.261 e. The minimum atomic E-state index is -1.55. The molecule has 0 radical (unpaired) electrons. The summed E-state index contributed by atoms with van der Waals surface area (Å²) in [5.74, 6) is 4.17. The molecule has 0 atom stereocenters. The van der Waals surface area contributed by atoms with Gasteiger partial charge in [0.15, 0.2) is 11.5 Å². The second-order valence-electron chi connectivity index (χ2n) is 7.92. The van der Waals surface area contributed by atoms with Gasteiger partial charge in [0.05, 0.1) is 11.1 Å². The van der Waals surface area contributed by atoms with Crippen molar-refractivity contribution in [1.82, 2.24) is 4.90 Å². The molecule has 2 aromatic carbocycles. The van der Waals surface area contributed by atoms with Crippen molar-refractivity contribution in [2.75, 3.05) is 13.3 Å². The maximum atomic E-state index is 12.6. The molecule has 2 aliphatic rings. The van der Waals surface area contributed by atoms with E-state index in [-0.39, 0.29) is 18.6 Å². The van der Waals surface area contributed by atoms with Crippen LogP contribution < -0.4 is 9.47 Å². The van der Waals surface area contributed by atoms with Crippen LogP contribution in [0.4, 0.5) is 0 Å². The van der Waals surface area contributed by atoms with Crippen molar-refractivity contribution in [3.63, 3.8) is 0 Å². The second kappa shape index (κ2) is 6.84. The van der Waals surface area contributed by atoms with Gasteiger partial charge in [-0.05, 0) is 30.2 Å². The van der Waals surface area contributed by atoms with Gasteiger partial charge in [0, 0.05) is 18.2 Å². The molecule has 2 heterocycles. The van der Waals surface area contributed by atoms with Gasteiger partial charge in [-0.3, -0.25) is 14.5 Å². The van der Waals surface area contributed by atoms with Crippen molar-refractivity contribution in [3.05, 3.63) is 58.7 Å². The van der Waals surface area contributed by atoms with Crippen LogP contribution in [0.5, 0.6) is 11.5 Å². The summed E-state index contributed by atoms with van der Waals surface area (Å²) < 4.78 is 11.0. The van der Waals surface area contributed by atoms with E-state index >= 15 is 0 Å². The summed E-state index contributed by atoms with van der Waals surface area (Å²) in [4.78, 5) is 26.5. The molecule has 0 aromatic heterocycles. The van der Waals surface area contributed by atoms with Crippen LogP contribution >= 0.6 is 0 Å². The van der Waals surface area contributed by atoms with Crippen LogP contribution in [-0.4, -0.2) is 38.1 Å². The Kier molecular flexibility index (Phi) is 4.48. The van der Waals surface area contributed by atoms with Gasteiger partial charge in [-0.15, -0.1) is 5.54 Å². The van der Waals surface area contributed by atoms with Crippen molar-refractivity contribution in [1.29, 1.82) is 0 Å². The number of carbonyl (C=O) groups excluding carboxylic acids is 2. The fraction of sp³-hybridized carbons (Fsp3) is 0.273. The number of imide groups is 1. The first-order valence-corrected chi connectivity index (χ1v) is 12.7. The van der Waals surface area contributed by atoms with Crippen molar-refractivity contribution < 1.29 is 19.1 Å². The molecule has 142 valence electrons. The monoisotopic (exact) mass is 391 g/mol. The maximum absolute atomic E-state index is 12.6. The molecule has 0 saturated carbocycles. The lowest BCUT2D eigenvalue weighted by molar-refractivity contribution is 0.0656. The molecular formula is C22H21NO4Si. The molecule has 2 aromatic rings. The lowest BCUT2D eigenvalue weighted by Gasteiger charge is -2.15. The van der Waals surface area contributed by atoms with E-state index in [0.717, 1.165) is 11.1 Å². The number of hydrogen-bond donors (Lipinski definition) is 0. The third-order valence-corrected chi connectivity index (χ3v) is 5.53. The van der Waals surface area contributed by atoms with Crippen molar-refractivity contribution in [3.8, 4) is 23.0 Å². The zero-order valence-corrected chi connectivity index (χ0v) is 17.2. The predicted octanol–water partition coefficient (Wildman–Crippen LogP) is 3.48. The van der Waals surface area contributed by atoms with Crippen LogP contribution in [-0.2, 0) is 6.42 Å². The fourth-order valence-corrected chi connectivity index (χ4v) is 3.75. The van der Waals surface area contributed by atoms with Crippen LogP contribution in [0, 0.1) is 11.5 Å². The molecule has 0 fully saturated rings. The van der Waals surface area contributed by atoms with Gasteiger partial charge >= 0.3 is 0 Å². The predicted molar refractivity (Wildman–Crippen MR) is 108 cm³/mol. The summed E-state index contributed by atoms with van der Waals surface area (Å²) in [5.41, 5.74) is 6.13. The van der Waals surface area contributed by atoms with Gasteiger partial charge in [0.1, 0.15) is 8.07 Å². The Balaban J connectivity index is 1.61. The molecule has 2 aliphatic heterocycles. The average Bonchev–Trinajstić information content (AvgIpc) is 3.21. The summed E-state index contributed by atoms with van der Waals surface area (Å²) in [7, 11) is -1.55. The van der Waals surface area contributed by atoms with Gasteiger partial charge in [-0.25, -0.2) is 0 Å². The van der Waals surface area contributed by atoms with Crippen LogP contribution in [0.25, 0.3) is 0 Å². The van der Waals surface area contributed by atoms with Gasteiger partial charge in [-0.1, -0.05) is 37.7 Å². The molecule has 0 spiro atoms. The number of hydrogen-bond acceptors (Lipinski definition) is 4. The molecule has 4 rings (SSSR count). The summed E-state index contributed by atoms with van der Waals surface area (Å²) in [6, 6.07) is 10.7. The van der Waals surface area contributed by atoms with E-state index in [4.69, 9.17) is 9.47 Å². The topological polar surface area (TPSA) is 55.8 Å². The summed E-state index contributed by atoms with van der Waals surface area (Å²) in [6.45, 7) is 7.05. The molecule has 0 saturated heterocycles. The Bertz CT molecular complexity index is 1010. The molecule has 6 heteroatoms. The molecule has 28 heavy (non-hydrogen) atoms. The van der Waals surface area contributed by atoms with Crippen LogP contribution in [0.3, 0.4) is 0 Å². The highest BCUT2D eigenvalue weighted by Gasteiger charge is 2.34. The van der Waals surface area contributed by atoms with E-state index in [2.05, 4.69) is 31.1 Å². The highest BCUT2D eigenvalue weighted by Crippen LogP contribution is 2.35.